The third-order valence-electron chi connectivity index (χ3n) is 5.28. The zero-order valence-electron chi connectivity index (χ0n) is 13.4. The van der Waals surface area contributed by atoms with E-state index < -0.39 is 0 Å². The third kappa shape index (κ3) is 3.02. The molecule has 0 radical (unpaired) electrons. The minimum Gasteiger partial charge on any atom is -0.353 e. The van der Waals surface area contributed by atoms with Gasteiger partial charge in [-0.2, -0.15) is 0 Å². The molecule has 2 fully saturated rings. The van der Waals surface area contributed by atoms with Crippen LogP contribution in [0.25, 0.3) is 10.9 Å². The van der Waals surface area contributed by atoms with E-state index in [0.717, 1.165) is 48.9 Å². The molecule has 23 heavy (non-hydrogen) atoms. The Hall–Kier alpha value is -1.75. The molecule has 0 bridgehead atoms. The van der Waals surface area contributed by atoms with Crippen LogP contribution < -0.4 is 4.90 Å². The van der Waals surface area contributed by atoms with Gasteiger partial charge in [0.05, 0.1) is 5.52 Å². The van der Waals surface area contributed by atoms with Crippen LogP contribution in [0.2, 0.25) is 0 Å². The summed E-state index contributed by atoms with van der Waals surface area (Å²) < 4.78 is 13.6. The van der Waals surface area contributed by atoms with E-state index in [4.69, 9.17) is 0 Å². The summed E-state index contributed by atoms with van der Waals surface area (Å²) in [5.74, 6) is 0.646. The molecule has 0 unspecified atom stereocenters. The summed E-state index contributed by atoms with van der Waals surface area (Å²) >= 11 is 0. The minimum absolute atomic E-state index is 0.227. The second-order valence-electron chi connectivity index (χ2n) is 6.67. The fraction of sp³-hybridized carbons (Fsp3) is 0.556. The van der Waals surface area contributed by atoms with Crippen LogP contribution >= 0.6 is 0 Å². The van der Waals surface area contributed by atoms with E-state index in [2.05, 4.69) is 19.8 Å². The van der Waals surface area contributed by atoms with Crippen molar-refractivity contribution in [2.75, 3.05) is 31.1 Å². The molecule has 0 atom stereocenters. The van der Waals surface area contributed by atoms with E-state index in [9.17, 15) is 4.39 Å². The maximum Gasteiger partial charge on any atom is 0.140 e. The van der Waals surface area contributed by atoms with Crippen molar-refractivity contribution in [3.05, 3.63) is 30.3 Å². The highest BCUT2D eigenvalue weighted by Gasteiger charge is 2.26. The molecule has 2 aliphatic rings. The highest BCUT2D eigenvalue weighted by molar-refractivity contribution is 5.89. The normalized spacial score (nSPS) is 21.0. The minimum atomic E-state index is -0.227. The number of nitrogens with zero attached hydrogens (tertiary/aromatic N) is 4. The molecule has 1 aliphatic carbocycles. The van der Waals surface area contributed by atoms with Crippen molar-refractivity contribution in [2.45, 2.75) is 38.1 Å². The maximum absolute atomic E-state index is 13.6. The standard InChI is InChI=1S/C18H23FN4/c19-14-6-7-17-16(12-14)18(21-13-20-17)23-10-8-22(9-11-23)15-4-2-1-3-5-15/h6-7,12-13,15H,1-5,8-11H2. The first-order valence-corrected chi connectivity index (χ1v) is 8.70. The predicted octanol–water partition coefficient (Wildman–Crippen LogP) is 3.22. The molecule has 1 aromatic carbocycles. The van der Waals surface area contributed by atoms with Gasteiger partial charge >= 0.3 is 0 Å². The second-order valence-corrected chi connectivity index (χ2v) is 6.67. The van der Waals surface area contributed by atoms with Gasteiger partial charge in [0.15, 0.2) is 0 Å². The summed E-state index contributed by atoms with van der Waals surface area (Å²) in [6.07, 6.45) is 8.43. The molecule has 2 aromatic rings. The molecule has 0 amide bonds. The average Bonchev–Trinajstić information content (AvgIpc) is 2.62. The number of benzene rings is 1. The van der Waals surface area contributed by atoms with Crippen molar-refractivity contribution < 1.29 is 4.39 Å². The molecule has 2 heterocycles. The van der Waals surface area contributed by atoms with Crippen molar-refractivity contribution in [2.24, 2.45) is 0 Å². The monoisotopic (exact) mass is 314 g/mol. The van der Waals surface area contributed by atoms with E-state index in [0.29, 0.717) is 0 Å². The van der Waals surface area contributed by atoms with Gasteiger partial charge in [-0.15, -0.1) is 0 Å². The summed E-state index contributed by atoms with van der Waals surface area (Å²) in [5.41, 5.74) is 0.811. The lowest BCUT2D eigenvalue weighted by atomic mass is 9.94. The molecule has 122 valence electrons. The number of halogens is 1. The number of anilines is 1. The van der Waals surface area contributed by atoms with Gasteiger partial charge in [0.2, 0.25) is 0 Å². The van der Waals surface area contributed by atoms with Gasteiger partial charge in [0, 0.05) is 37.6 Å². The molecule has 0 spiro atoms. The number of hydrogen-bond acceptors (Lipinski definition) is 4. The highest BCUT2D eigenvalue weighted by atomic mass is 19.1. The van der Waals surface area contributed by atoms with Gasteiger partial charge in [-0.3, -0.25) is 4.90 Å². The summed E-state index contributed by atoms with van der Waals surface area (Å²) in [6.45, 7) is 4.06. The van der Waals surface area contributed by atoms with Crippen LogP contribution in [0.4, 0.5) is 10.2 Å². The van der Waals surface area contributed by atoms with Crippen LogP contribution in [0.5, 0.6) is 0 Å². The van der Waals surface area contributed by atoms with Crippen LogP contribution in [0.3, 0.4) is 0 Å². The summed E-state index contributed by atoms with van der Waals surface area (Å²) in [5, 5.41) is 0.818. The first-order chi connectivity index (χ1) is 11.3. The van der Waals surface area contributed by atoms with Crippen LogP contribution in [-0.2, 0) is 0 Å². The topological polar surface area (TPSA) is 32.3 Å². The Bertz CT molecular complexity index is 676. The van der Waals surface area contributed by atoms with Crippen molar-refractivity contribution in [3.8, 4) is 0 Å². The van der Waals surface area contributed by atoms with Gasteiger partial charge in [-0.25, -0.2) is 14.4 Å². The van der Waals surface area contributed by atoms with E-state index in [1.807, 2.05) is 0 Å². The Morgan fingerprint density at radius 1 is 0.957 bits per heavy atom. The molecule has 1 saturated heterocycles. The Morgan fingerprint density at radius 3 is 2.52 bits per heavy atom. The average molecular weight is 314 g/mol. The predicted molar refractivity (Wildman–Crippen MR) is 90.2 cm³/mol. The Balaban J connectivity index is 1.51. The van der Waals surface area contributed by atoms with Crippen LogP contribution in [0, 0.1) is 5.82 Å². The molecule has 1 aliphatic heterocycles. The molecule has 4 rings (SSSR count). The third-order valence-corrected chi connectivity index (χ3v) is 5.28. The zero-order valence-corrected chi connectivity index (χ0v) is 13.4. The lowest BCUT2D eigenvalue weighted by Crippen LogP contribution is -2.51. The Kier molecular flexibility index (Phi) is 4.12. The van der Waals surface area contributed by atoms with Crippen LogP contribution in [0.1, 0.15) is 32.1 Å². The van der Waals surface area contributed by atoms with Crippen molar-refractivity contribution in [3.63, 3.8) is 0 Å². The summed E-state index contributed by atoms with van der Waals surface area (Å²) in [6, 6.07) is 5.51. The lowest BCUT2D eigenvalue weighted by molar-refractivity contribution is 0.148. The Labute approximate surface area is 136 Å². The number of hydrogen-bond donors (Lipinski definition) is 0. The van der Waals surface area contributed by atoms with Gasteiger partial charge in [-0.1, -0.05) is 19.3 Å². The van der Waals surface area contributed by atoms with Gasteiger partial charge in [-0.05, 0) is 31.0 Å². The van der Waals surface area contributed by atoms with Gasteiger partial charge < -0.3 is 4.90 Å². The maximum atomic E-state index is 13.6. The van der Waals surface area contributed by atoms with E-state index in [1.165, 1.54) is 38.2 Å². The smallest absolute Gasteiger partial charge is 0.140 e. The van der Waals surface area contributed by atoms with E-state index in [-0.39, 0.29) is 5.82 Å². The van der Waals surface area contributed by atoms with E-state index in [1.54, 1.807) is 18.5 Å². The number of fused-ring (bicyclic) bond motifs is 1. The molecule has 5 heteroatoms. The number of rotatable bonds is 2. The zero-order chi connectivity index (χ0) is 15.6. The van der Waals surface area contributed by atoms with Crippen molar-refractivity contribution >= 4 is 16.7 Å². The Morgan fingerprint density at radius 2 is 1.74 bits per heavy atom. The van der Waals surface area contributed by atoms with E-state index >= 15 is 0 Å². The fourth-order valence-electron chi connectivity index (χ4n) is 4.01. The molecular formula is C18H23FN4. The summed E-state index contributed by atoms with van der Waals surface area (Å²) in [4.78, 5) is 13.6. The van der Waals surface area contributed by atoms with Crippen LogP contribution in [-0.4, -0.2) is 47.1 Å². The lowest BCUT2D eigenvalue weighted by Gasteiger charge is -2.41. The second kappa shape index (κ2) is 6.40. The molecule has 1 aromatic heterocycles. The number of aromatic nitrogens is 2. The molecule has 1 saturated carbocycles. The van der Waals surface area contributed by atoms with Crippen LogP contribution in [0.15, 0.2) is 24.5 Å². The van der Waals surface area contributed by atoms with Crippen molar-refractivity contribution in [1.82, 2.24) is 14.9 Å². The SMILES string of the molecule is Fc1ccc2ncnc(N3CCN(C4CCCCC4)CC3)c2c1. The van der Waals surface area contributed by atoms with Gasteiger partial charge in [0.25, 0.3) is 0 Å². The quantitative estimate of drug-likeness (QED) is 0.852. The largest absolute Gasteiger partial charge is 0.353 e. The number of piperazine rings is 1. The first kappa shape index (κ1) is 14.8. The fourth-order valence-corrected chi connectivity index (χ4v) is 4.01. The molecule has 0 N–H and O–H groups in total. The summed E-state index contributed by atoms with van der Waals surface area (Å²) in [7, 11) is 0. The van der Waals surface area contributed by atoms with Gasteiger partial charge in [0.1, 0.15) is 18.0 Å². The first-order valence-electron chi connectivity index (χ1n) is 8.70. The highest BCUT2D eigenvalue weighted by Crippen LogP contribution is 2.27. The van der Waals surface area contributed by atoms with Crippen molar-refractivity contribution in [1.29, 1.82) is 0 Å². The molecule has 4 nitrogen and oxygen atoms in total. The molecular weight excluding hydrogens is 291 g/mol.